The lowest BCUT2D eigenvalue weighted by Crippen LogP contribution is -2.35. The number of fused-ring (bicyclic) bond motifs is 1. The molecule has 0 heterocycles. The van der Waals surface area contributed by atoms with Gasteiger partial charge < -0.3 is 15.3 Å². The normalized spacial score (nSPS) is 37.7. The molecule has 3 rings (SSSR count). The molecule has 0 aromatic rings. The Bertz CT molecular complexity index is 794. The largest absolute Gasteiger partial charge is 0.393 e. The molecule has 0 amide bonds. The number of rotatable bonds is 6. The molecular formula is C29H44O3. The van der Waals surface area contributed by atoms with Crippen molar-refractivity contribution in [1.82, 2.24) is 0 Å². The van der Waals surface area contributed by atoms with Crippen molar-refractivity contribution < 1.29 is 15.3 Å². The number of allylic oxidation sites excluding steroid dienone is 6. The van der Waals surface area contributed by atoms with Crippen LogP contribution >= 0.6 is 0 Å². The van der Waals surface area contributed by atoms with Crippen molar-refractivity contribution in [3.8, 4) is 0 Å². The lowest BCUT2D eigenvalue weighted by Gasteiger charge is -2.44. The molecular weight excluding hydrogens is 396 g/mol. The Hall–Kier alpha value is -1.42. The summed E-state index contributed by atoms with van der Waals surface area (Å²) in [6.45, 7) is 12.6. The zero-order chi connectivity index (χ0) is 23.5. The molecule has 32 heavy (non-hydrogen) atoms. The maximum atomic E-state index is 10.1. The minimum atomic E-state index is -0.650. The Morgan fingerprint density at radius 1 is 1.19 bits per heavy atom. The topological polar surface area (TPSA) is 60.7 Å². The lowest BCUT2D eigenvalue weighted by molar-refractivity contribution is 0.0837. The van der Waals surface area contributed by atoms with Gasteiger partial charge in [-0.3, -0.25) is 0 Å². The third-order valence-corrected chi connectivity index (χ3v) is 8.22. The van der Waals surface area contributed by atoms with Crippen molar-refractivity contribution in [2.75, 3.05) is 0 Å². The molecule has 0 aliphatic heterocycles. The van der Waals surface area contributed by atoms with Crippen LogP contribution in [0.3, 0.4) is 0 Å². The summed E-state index contributed by atoms with van der Waals surface area (Å²) >= 11 is 0. The molecule has 0 radical (unpaired) electrons. The predicted octanol–water partition coefficient (Wildman–Crippen LogP) is 6.04. The second kappa shape index (κ2) is 10.2. The van der Waals surface area contributed by atoms with Gasteiger partial charge in [-0.05, 0) is 93.1 Å². The second-order valence-electron chi connectivity index (χ2n) is 11.4. The predicted molar refractivity (Wildman–Crippen MR) is 133 cm³/mol. The summed E-state index contributed by atoms with van der Waals surface area (Å²) < 4.78 is 0. The molecule has 3 nitrogen and oxygen atoms in total. The van der Waals surface area contributed by atoms with E-state index in [1.165, 1.54) is 31.3 Å². The molecule has 3 N–H and O–H groups in total. The van der Waals surface area contributed by atoms with Crippen LogP contribution < -0.4 is 0 Å². The molecule has 0 aromatic carbocycles. The fraction of sp³-hybridized carbons (Fsp3) is 0.655. The van der Waals surface area contributed by atoms with Crippen LogP contribution in [0, 0.1) is 23.2 Å². The fourth-order valence-corrected chi connectivity index (χ4v) is 6.42. The summed E-state index contributed by atoms with van der Waals surface area (Å²) in [5.41, 5.74) is 2.98. The van der Waals surface area contributed by atoms with Gasteiger partial charge in [0.05, 0.1) is 17.8 Å². The monoisotopic (exact) mass is 440 g/mol. The van der Waals surface area contributed by atoms with E-state index in [2.05, 4.69) is 50.8 Å². The molecule has 0 bridgehead atoms. The second-order valence-corrected chi connectivity index (χ2v) is 11.4. The smallest absolute Gasteiger partial charge is 0.0811 e. The van der Waals surface area contributed by atoms with E-state index < -0.39 is 17.8 Å². The van der Waals surface area contributed by atoms with Crippen LogP contribution in [-0.2, 0) is 0 Å². The third kappa shape index (κ3) is 5.92. The average molecular weight is 441 g/mol. The molecule has 3 aliphatic carbocycles. The van der Waals surface area contributed by atoms with Gasteiger partial charge in [0.2, 0.25) is 0 Å². The van der Waals surface area contributed by atoms with Crippen LogP contribution in [-0.4, -0.2) is 33.1 Å². The summed E-state index contributed by atoms with van der Waals surface area (Å²) in [7, 11) is 0. The van der Waals surface area contributed by atoms with Crippen LogP contribution in [0.25, 0.3) is 0 Å². The molecule has 3 saturated carbocycles. The molecule has 0 spiro atoms. The van der Waals surface area contributed by atoms with Crippen molar-refractivity contribution in [2.45, 2.75) is 96.9 Å². The first-order valence-electron chi connectivity index (χ1n) is 12.5. The molecule has 3 heteroatoms. The van der Waals surface area contributed by atoms with E-state index in [1.807, 2.05) is 19.9 Å². The third-order valence-electron chi connectivity index (χ3n) is 8.22. The van der Waals surface area contributed by atoms with E-state index in [-0.39, 0.29) is 0 Å². The van der Waals surface area contributed by atoms with Crippen molar-refractivity contribution >= 4 is 0 Å². The molecule has 0 saturated heterocycles. The first-order chi connectivity index (χ1) is 15.0. The fourth-order valence-electron chi connectivity index (χ4n) is 6.42. The van der Waals surface area contributed by atoms with Crippen molar-refractivity contribution in [2.24, 2.45) is 23.2 Å². The minimum absolute atomic E-state index is 0.325. The highest BCUT2D eigenvalue weighted by Gasteiger charge is 2.50. The Morgan fingerprint density at radius 3 is 2.66 bits per heavy atom. The standard InChI is InChI=1S/C29H44O3/c1-20(10-7-6-8-16-28(3,4)32)25-14-15-26-22(11-9-17-29(25,26)5)12-13-23-18-24(30)19-27(31)21(23)2/h6-8,10,12-13,20,24-27,30-32H,2,9,11,14-19H2,1,3-5H3/b8-6+,10-7+,22-12+,23-13+/t20-,24-,25-,26+,27+,29-/m1/s1. The summed E-state index contributed by atoms with van der Waals surface area (Å²) in [5.74, 6) is 1.82. The molecule has 0 unspecified atom stereocenters. The molecule has 3 fully saturated rings. The Labute approximate surface area is 195 Å². The number of hydrogen-bond acceptors (Lipinski definition) is 3. The summed E-state index contributed by atoms with van der Waals surface area (Å²) in [5, 5.41) is 30.0. The zero-order valence-electron chi connectivity index (χ0n) is 20.6. The molecule has 3 aliphatic rings. The van der Waals surface area contributed by atoms with Gasteiger partial charge in [0.25, 0.3) is 0 Å². The van der Waals surface area contributed by atoms with E-state index in [0.717, 1.165) is 17.6 Å². The van der Waals surface area contributed by atoms with E-state index >= 15 is 0 Å². The van der Waals surface area contributed by atoms with Crippen LogP contribution in [0.5, 0.6) is 0 Å². The Morgan fingerprint density at radius 2 is 1.94 bits per heavy atom. The van der Waals surface area contributed by atoms with Gasteiger partial charge >= 0.3 is 0 Å². The highest BCUT2D eigenvalue weighted by molar-refractivity contribution is 5.38. The van der Waals surface area contributed by atoms with Gasteiger partial charge in [-0.2, -0.15) is 0 Å². The summed E-state index contributed by atoms with van der Waals surface area (Å²) in [6, 6.07) is 0. The van der Waals surface area contributed by atoms with Gasteiger partial charge in [0, 0.05) is 6.42 Å². The molecule has 178 valence electrons. The maximum Gasteiger partial charge on any atom is 0.0811 e. The maximum absolute atomic E-state index is 10.1. The van der Waals surface area contributed by atoms with Gasteiger partial charge in [-0.1, -0.05) is 62.5 Å². The Balaban J connectivity index is 1.70. The zero-order valence-corrected chi connectivity index (χ0v) is 20.6. The average Bonchev–Trinajstić information content (AvgIpc) is 3.06. The highest BCUT2D eigenvalue weighted by Crippen LogP contribution is 2.59. The van der Waals surface area contributed by atoms with Crippen molar-refractivity contribution in [3.63, 3.8) is 0 Å². The highest BCUT2D eigenvalue weighted by atomic mass is 16.3. The van der Waals surface area contributed by atoms with E-state index in [4.69, 9.17) is 0 Å². The number of aliphatic hydroxyl groups is 3. The van der Waals surface area contributed by atoms with Crippen LogP contribution in [0.1, 0.15) is 79.1 Å². The van der Waals surface area contributed by atoms with E-state index in [9.17, 15) is 15.3 Å². The van der Waals surface area contributed by atoms with Gasteiger partial charge in [0.1, 0.15) is 0 Å². The van der Waals surface area contributed by atoms with Crippen LogP contribution in [0.2, 0.25) is 0 Å². The van der Waals surface area contributed by atoms with Crippen LogP contribution in [0.4, 0.5) is 0 Å². The SMILES string of the molecule is C=C1/C(=C/C=C2\CCC[C@]3(C)[C@@H]([C@H](C)/C=C/C=C/CC(C)(C)O)CC[C@@H]23)C[C@@H](O)C[C@@H]1O. The van der Waals surface area contributed by atoms with E-state index in [0.29, 0.717) is 42.4 Å². The van der Waals surface area contributed by atoms with Gasteiger partial charge in [-0.15, -0.1) is 0 Å². The molecule has 0 aromatic heterocycles. The number of aliphatic hydroxyl groups excluding tert-OH is 2. The first-order valence-corrected chi connectivity index (χ1v) is 12.5. The van der Waals surface area contributed by atoms with Crippen molar-refractivity contribution in [1.29, 1.82) is 0 Å². The first kappa shape index (κ1) is 25.2. The Kier molecular flexibility index (Phi) is 8.06. The van der Waals surface area contributed by atoms with Gasteiger partial charge in [0.15, 0.2) is 0 Å². The summed E-state index contributed by atoms with van der Waals surface area (Å²) in [4.78, 5) is 0. The summed E-state index contributed by atoms with van der Waals surface area (Å²) in [6.07, 6.45) is 19.8. The quantitative estimate of drug-likeness (QED) is 0.442. The number of hydrogen-bond donors (Lipinski definition) is 3. The molecule has 6 atom stereocenters. The van der Waals surface area contributed by atoms with Gasteiger partial charge in [-0.25, -0.2) is 0 Å². The van der Waals surface area contributed by atoms with Crippen molar-refractivity contribution in [3.05, 3.63) is 59.8 Å². The van der Waals surface area contributed by atoms with Crippen LogP contribution in [0.15, 0.2) is 59.8 Å². The lowest BCUT2D eigenvalue weighted by atomic mass is 9.61. The minimum Gasteiger partial charge on any atom is -0.393 e. The van der Waals surface area contributed by atoms with E-state index in [1.54, 1.807) is 0 Å².